The molecule has 5 rings (SSSR count). The molecule has 1 amide bonds. The normalized spacial score (nSPS) is 20.0. The lowest BCUT2D eigenvalue weighted by Gasteiger charge is -2.30. The molecule has 3 aromatic rings. The summed E-state index contributed by atoms with van der Waals surface area (Å²) in [7, 11) is 2.05. The smallest absolute Gasteiger partial charge is 0.294 e. The second-order valence-corrected chi connectivity index (χ2v) is 7.22. The van der Waals surface area contributed by atoms with Gasteiger partial charge in [-0.1, -0.05) is 23.4 Å². The van der Waals surface area contributed by atoms with Gasteiger partial charge in [-0.2, -0.15) is 4.98 Å². The number of carbonyl (C=O) groups is 1. The third-order valence-electron chi connectivity index (χ3n) is 5.45. The molecule has 2 aliphatic rings. The van der Waals surface area contributed by atoms with Crippen LogP contribution < -0.4 is 10.2 Å². The molecule has 2 aliphatic heterocycles. The van der Waals surface area contributed by atoms with E-state index in [0.717, 1.165) is 36.4 Å². The van der Waals surface area contributed by atoms with Crippen LogP contribution in [-0.2, 0) is 17.8 Å². The number of aromatic nitrogens is 2. The molecule has 1 unspecified atom stereocenters. The van der Waals surface area contributed by atoms with E-state index < -0.39 is 0 Å². The van der Waals surface area contributed by atoms with Crippen LogP contribution in [0.1, 0.15) is 23.0 Å². The first-order valence-electron chi connectivity index (χ1n) is 9.40. The number of nitrogens with one attached hydrogen (secondary N) is 1. The topological polar surface area (TPSA) is 87.6 Å². The molecule has 8 nitrogen and oxygen atoms in total. The van der Waals surface area contributed by atoms with Crippen molar-refractivity contribution in [1.82, 2.24) is 20.4 Å². The molecule has 1 saturated heterocycles. The van der Waals surface area contributed by atoms with Gasteiger partial charge in [-0.25, -0.2) is 0 Å². The summed E-state index contributed by atoms with van der Waals surface area (Å²) in [5.41, 5.74) is 2.83. The first-order chi connectivity index (χ1) is 13.7. The molecular formula is C20H21N5O3. The number of anilines is 1. The second-order valence-electron chi connectivity index (χ2n) is 7.22. The number of furan rings is 1. The van der Waals surface area contributed by atoms with Crippen LogP contribution in [0.2, 0.25) is 0 Å². The van der Waals surface area contributed by atoms with Crippen molar-refractivity contribution in [2.24, 2.45) is 0 Å². The Bertz CT molecular complexity index is 1010. The number of amides is 1. The van der Waals surface area contributed by atoms with E-state index in [1.54, 1.807) is 11.2 Å². The Morgan fingerprint density at radius 2 is 2.18 bits per heavy atom. The van der Waals surface area contributed by atoms with E-state index in [9.17, 15) is 4.79 Å². The van der Waals surface area contributed by atoms with Crippen molar-refractivity contribution in [3.8, 4) is 11.7 Å². The summed E-state index contributed by atoms with van der Waals surface area (Å²) in [5.74, 6) is 1.57. The molecule has 0 bridgehead atoms. The average Bonchev–Trinajstić information content (AvgIpc) is 3.42. The summed E-state index contributed by atoms with van der Waals surface area (Å²) < 4.78 is 11.1. The molecule has 8 heteroatoms. The standard InChI is InChI=1S/C20H21N5O3/c1-24-8-7-21-11-16(24)19-22-20(28-23-19)18-14(6-9-27-18)12-25-15-5-3-2-4-13(15)10-17(25)26/h2-6,9,16,21H,7-8,10-12H2,1H3. The summed E-state index contributed by atoms with van der Waals surface area (Å²) >= 11 is 0. The number of likely N-dealkylation sites (N-methyl/N-ethyl adjacent to an activating group) is 1. The molecule has 0 saturated carbocycles. The van der Waals surface area contributed by atoms with Gasteiger partial charge >= 0.3 is 0 Å². The van der Waals surface area contributed by atoms with E-state index >= 15 is 0 Å². The number of benzene rings is 1. The summed E-state index contributed by atoms with van der Waals surface area (Å²) in [6, 6.07) is 9.77. The number of fused-ring (bicyclic) bond motifs is 1. The lowest BCUT2D eigenvalue weighted by molar-refractivity contribution is -0.117. The Morgan fingerprint density at radius 3 is 3.07 bits per heavy atom. The maximum atomic E-state index is 12.5. The number of carbonyl (C=O) groups excluding carboxylic acids is 1. The van der Waals surface area contributed by atoms with Gasteiger partial charge in [0.15, 0.2) is 11.6 Å². The van der Waals surface area contributed by atoms with Crippen molar-refractivity contribution in [2.75, 3.05) is 31.6 Å². The van der Waals surface area contributed by atoms with E-state index in [4.69, 9.17) is 8.94 Å². The van der Waals surface area contributed by atoms with Gasteiger partial charge in [0.2, 0.25) is 5.91 Å². The number of piperazine rings is 1. The van der Waals surface area contributed by atoms with Crippen molar-refractivity contribution < 1.29 is 13.7 Å². The van der Waals surface area contributed by atoms with Gasteiger partial charge in [0, 0.05) is 30.9 Å². The average molecular weight is 379 g/mol. The fourth-order valence-electron chi connectivity index (χ4n) is 3.86. The minimum absolute atomic E-state index is 0.0664. The number of rotatable bonds is 4. The Morgan fingerprint density at radius 1 is 1.29 bits per heavy atom. The number of para-hydroxylation sites is 1. The van der Waals surface area contributed by atoms with Crippen molar-refractivity contribution >= 4 is 11.6 Å². The molecule has 1 aromatic carbocycles. The summed E-state index contributed by atoms with van der Waals surface area (Å²) in [4.78, 5) is 21.0. The molecule has 1 fully saturated rings. The van der Waals surface area contributed by atoms with Gasteiger partial charge in [-0.05, 0) is 24.7 Å². The van der Waals surface area contributed by atoms with Crippen molar-refractivity contribution in [3.05, 3.63) is 53.5 Å². The maximum absolute atomic E-state index is 12.5. The molecule has 1 N–H and O–H groups in total. The number of nitrogens with zero attached hydrogens (tertiary/aromatic N) is 4. The van der Waals surface area contributed by atoms with E-state index in [2.05, 4.69) is 27.4 Å². The zero-order chi connectivity index (χ0) is 19.1. The third-order valence-corrected chi connectivity index (χ3v) is 5.45. The highest BCUT2D eigenvalue weighted by Gasteiger charge is 2.30. The van der Waals surface area contributed by atoms with Crippen LogP contribution in [0.5, 0.6) is 0 Å². The van der Waals surface area contributed by atoms with Gasteiger partial charge in [0.25, 0.3) is 5.89 Å². The minimum atomic E-state index is 0.0664. The fraction of sp³-hybridized carbons (Fsp3) is 0.350. The van der Waals surface area contributed by atoms with Crippen LogP contribution in [0.3, 0.4) is 0 Å². The van der Waals surface area contributed by atoms with Crippen molar-refractivity contribution in [1.29, 1.82) is 0 Å². The largest absolute Gasteiger partial charge is 0.459 e. The molecule has 0 aliphatic carbocycles. The van der Waals surface area contributed by atoms with Gasteiger partial charge in [-0.15, -0.1) is 0 Å². The van der Waals surface area contributed by atoms with Crippen LogP contribution in [-0.4, -0.2) is 47.6 Å². The molecular weight excluding hydrogens is 358 g/mol. The van der Waals surface area contributed by atoms with Gasteiger partial charge in [0.05, 0.1) is 25.3 Å². The SMILES string of the molecule is CN1CCNCC1c1noc(-c2occc2CN2C(=O)Cc3ccccc32)n1. The molecule has 0 spiro atoms. The Kier molecular flexibility index (Phi) is 4.22. The third kappa shape index (κ3) is 2.90. The second kappa shape index (κ2) is 6.88. The summed E-state index contributed by atoms with van der Waals surface area (Å²) in [5, 5.41) is 7.51. The first kappa shape index (κ1) is 17.2. The van der Waals surface area contributed by atoms with Crippen molar-refractivity contribution in [2.45, 2.75) is 19.0 Å². The Balaban J connectivity index is 1.41. The fourth-order valence-corrected chi connectivity index (χ4v) is 3.86. The molecule has 2 aromatic heterocycles. The van der Waals surface area contributed by atoms with Crippen LogP contribution in [0.4, 0.5) is 5.69 Å². The van der Waals surface area contributed by atoms with Gasteiger partial charge in [0.1, 0.15) is 0 Å². The minimum Gasteiger partial charge on any atom is -0.459 e. The number of hydrogen-bond donors (Lipinski definition) is 1. The summed E-state index contributed by atoms with van der Waals surface area (Å²) in [6.07, 6.45) is 2.02. The quantitative estimate of drug-likeness (QED) is 0.742. The molecule has 144 valence electrons. The van der Waals surface area contributed by atoms with E-state index in [0.29, 0.717) is 30.4 Å². The predicted octanol–water partition coefficient (Wildman–Crippen LogP) is 1.99. The zero-order valence-electron chi connectivity index (χ0n) is 15.6. The van der Waals surface area contributed by atoms with Crippen LogP contribution in [0, 0.1) is 0 Å². The van der Waals surface area contributed by atoms with E-state index in [1.165, 1.54) is 0 Å². The highest BCUT2D eigenvalue weighted by Crippen LogP contribution is 2.33. The van der Waals surface area contributed by atoms with Crippen LogP contribution >= 0.6 is 0 Å². The van der Waals surface area contributed by atoms with Crippen molar-refractivity contribution in [3.63, 3.8) is 0 Å². The van der Waals surface area contributed by atoms with Crippen LogP contribution in [0.15, 0.2) is 45.5 Å². The monoisotopic (exact) mass is 379 g/mol. The highest BCUT2D eigenvalue weighted by atomic mass is 16.5. The molecule has 0 radical (unpaired) electrons. The van der Waals surface area contributed by atoms with Crippen LogP contribution in [0.25, 0.3) is 11.7 Å². The molecule has 4 heterocycles. The summed E-state index contributed by atoms with van der Waals surface area (Å²) in [6.45, 7) is 3.06. The predicted molar refractivity (Wildman–Crippen MR) is 102 cm³/mol. The Labute approximate surface area is 162 Å². The lowest BCUT2D eigenvalue weighted by atomic mass is 10.1. The molecule has 1 atom stereocenters. The van der Waals surface area contributed by atoms with Gasteiger partial charge in [-0.3, -0.25) is 9.69 Å². The highest BCUT2D eigenvalue weighted by molar-refractivity contribution is 6.01. The number of hydrogen-bond acceptors (Lipinski definition) is 7. The van der Waals surface area contributed by atoms with E-state index in [-0.39, 0.29) is 11.9 Å². The van der Waals surface area contributed by atoms with Gasteiger partial charge < -0.3 is 19.2 Å². The Hall–Kier alpha value is -2.97. The maximum Gasteiger partial charge on any atom is 0.294 e. The van der Waals surface area contributed by atoms with E-state index in [1.807, 2.05) is 30.3 Å². The lowest BCUT2D eigenvalue weighted by Crippen LogP contribution is -2.44. The first-order valence-corrected chi connectivity index (χ1v) is 9.40. The molecule has 28 heavy (non-hydrogen) atoms. The zero-order valence-corrected chi connectivity index (χ0v) is 15.6.